The Hall–Kier alpha value is -4.38. The third-order valence-corrected chi connectivity index (χ3v) is 5.55. The third kappa shape index (κ3) is 11.6. The zero-order valence-electron chi connectivity index (χ0n) is 20.3. The van der Waals surface area contributed by atoms with Crippen LogP contribution >= 0.6 is 11.8 Å². The highest BCUT2D eigenvalue weighted by atomic mass is 32.2. The van der Waals surface area contributed by atoms with E-state index in [2.05, 4.69) is 20.9 Å². The van der Waals surface area contributed by atoms with Crippen molar-refractivity contribution in [3.05, 3.63) is 24.3 Å². The van der Waals surface area contributed by atoms with Crippen molar-refractivity contribution in [1.82, 2.24) is 16.0 Å². The summed E-state index contributed by atoms with van der Waals surface area (Å²) in [6, 6.07) is 1.54. The molecular weight excluding hydrogens is 524 g/mol. The van der Waals surface area contributed by atoms with E-state index in [0.717, 1.165) is 16.7 Å². The molecule has 0 saturated carbocycles. The highest BCUT2D eigenvalue weighted by Gasteiger charge is 2.30. The van der Waals surface area contributed by atoms with Crippen LogP contribution < -0.4 is 38.1 Å². The summed E-state index contributed by atoms with van der Waals surface area (Å²) in [4.78, 5) is 75.5. The summed E-state index contributed by atoms with van der Waals surface area (Å²) < 4.78 is 0. The van der Waals surface area contributed by atoms with Crippen molar-refractivity contribution in [1.29, 1.82) is 0 Å². The number of carbonyl (C=O) groups excluding carboxylic acids is 4. The summed E-state index contributed by atoms with van der Waals surface area (Å²) in [5.41, 5.74) is 17.3. The number of aliphatic carboxylic acids is 2. The molecule has 1 aromatic carbocycles. The number of aliphatic imine (C=N–C) groups is 1. The molecule has 4 amide bonds. The van der Waals surface area contributed by atoms with Gasteiger partial charge in [0.2, 0.25) is 24.1 Å². The fourth-order valence-electron chi connectivity index (χ4n) is 2.81. The van der Waals surface area contributed by atoms with Crippen LogP contribution in [0.4, 0.5) is 11.4 Å². The van der Waals surface area contributed by atoms with Crippen LogP contribution in [0, 0.1) is 0 Å². The second kappa shape index (κ2) is 15.7. The van der Waals surface area contributed by atoms with Crippen molar-refractivity contribution in [3.63, 3.8) is 0 Å². The van der Waals surface area contributed by atoms with Gasteiger partial charge in [0.1, 0.15) is 18.1 Å². The molecule has 0 aromatic heterocycles. The number of benzene rings is 1. The van der Waals surface area contributed by atoms with Crippen molar-refractivity contribution >= 4 is 65.2 Å². The topological polar surface area (TPSA) is 273 Å². The van der Waals surface area contributed by atoms with Gasteiger partial charge in [-0.3, -0.25) is 24.0 Å². The van der Waals surface area contributed by atoms with Gasteiger partial charge >= 0.3 is 11.9 Å². The van der Waals surface area contributed by atoms with Gasteiger partial charge in [-0.1, -0.05) is 0 Å². The molecule has 1 rings (SSSR count). The highest BCUT2D eigenvalue weighted by molar-refractivity contribution is 7.99. The summed E-state index contributed by atoms with van der Waals surface area (Å²) in [7, 11) is 0. The monoisotopic (exact) mass is 554 g/mol. The van der Waals surface area contributed by atoms with E-state index in [1.165, 1.54) is 31.2 Å². The Labute approximate surface area is 221 Å². The van der Waals surface area contributed by atoms with E-state index in [1.54, 1.807) is 0 Å². The SMILES string of the molecule is CC(=O)NCSCC(NC(=O)C(CC(=O)O)NC(=O)C(N)CN(C=O)c1ccc(N=C(N)N)cc1)C(=O)O. The smallest absolute Gasteiger partial charge is 0.327 e. The van der Waals surface area contributed by atoms with Gasteiger partial charge in [-0.05, 0) is 24.3 Å². The first-order valence-electron chi connectivity index (χ1n) is 10.9. The van der Waals surface area contributed by atoms with Crippen LogP contribution in [0.25, 0.3) is 0 Å². The van der Waals surface area contributed by atoms with Crippen molar-refractivity contribution in [2.24, 2.45) is 22.2 Å². The number of carboxylic acid groups (broad SMARTS) is 2. The van der Waals surface area contributed by atoms with E-state index in [1.807, 2.05) is 0 Å². The van der Waals surface area contributed by atoms with Gasteiger partial charge in [0.05, 0.1) is 18.0 Å². The summed E-state index contributed by atoms with van der Waals surface area (Å²) in [5, 5.41) is 25.3. The van der Waals surface area contributed by atoms with Gasteiger partial charge in [0.15, 0.2) is 5.96 Å². The maximum Gasteiger partial charge on any atom is 0.327 e. The molecule has 11 N–H and O–H groups in total. The minimum Gasteiger partial charge on any atom is -0.481 e. The second-order valence-electron chi connectivity index (χ2n) is 7.72. The maximum atomic E-state index is 12.6. The Morgan fingerprint density at radius 3 is 2.16 bits per heavy atom. The predicted octanol–water partition coefficient (Wildman–Crippen LogP) is -2.76. The highest BCUT2D eigenvalue weighted by Crippen LogP contribution is 2.19. The van der Waals surface area contributed by atoms with E-state index in [9.17, 15) is 33.9 Å². The van der Waals surface area contributed by atoms with Crippen molar-refractivity contribution in [3.8, 4) is 0 Å². The number of hydrogen-bond acceptors (Lipinski definition) is 9. The summed E-state index contributed by atoms with van der Waals surface area (Å²) in [6.45, 7) is 0.940. The molecule has 17 heteroatoms. The van der Waals surface area contributed by atoms with Crippen molar-refractivity contribution in [2.75, 3.05) is 23.1 Å². The predicted molar refractivity (Wildman–Crippen MR) is 138 cm³/mol. The van der Waals surface area contributed by atoms with Crippen LogP contribution in [0.5, 0.6) is 0 Å². The van der Waals surface area contributed by atoms with Gasteiger partial charge in [0.25, 0.3) is 0 Å². The molecule has 0 saturated heterocycles. The Bertz CT molecular complexity index is 1050. The molecule has 0 spiro atoms. The molecule has 0 aliphatic heterocycles. The Morgan fingerprint density at radius 2 is 1.66 bits per heavy atom. The van der Waals surface area contributed by atoms with Crippen LogP contribution in [-0.4, -0.2) is 88.5 Å². The van der Waals surface area contributed by atoms with Crippen molar-refractivity contribution in [2.45, 2.75) is 31.5 Å². The summed E-state index contributed by atoms with van der Waals surface area (Å²) >= 11 is 1.01. The Balaban J connectivity index is 2.86. The van der Waals surface area contributed by atoms with Gasteiger partial charge in [0, 0.05) is 24.9 Å². The average Bonchev–Trinajstić information content (AvgIpc) is 2.83. The van der Waals surface area contributed by atoms with Gasteiger partial charge < -0.3 is 48.3 Å². The lowest BCUT2D eigenvalue weighted by molar-refractivity contribution is -0.143. The lowest BCUT2D eigenvalue weighted by Gasteiger charge is -2.24. The van der Waals surface area contributed by atoms with E-state index in [-0.39, 0.29) is 30.0 Å². The van der Waals surface area contributed by atoms with Gasteiger partial charge in [-0.25, -0.2) is 9.79 Å². The van der Waals surface area contributed by atoms with Crippen LogP contribution in [-0.2, 0) is 28.8 Å². The lowest BCUT2D eigenvalue weighted by Crippen LogP contribution is -2.57. The van der Waals surface area contributed by atoms with Gasteiger partial charge in [-0.15, -0.1) is 11.8 Å². The van der Waals surface area contributed by atoms with E-state index < -0.39 is 48.3 Å². The van der Waals surface area contributed by atoms with Crippen LogP contribution in [0.1, 0.15) is 13.3 Å². The molecule has 0 bridgehead atoms. The maximum absolute atomic E-state index is 12.6. The largest absolute Gasteiger partial charge is 0.481 e. The second-order valence-corrected chi connectivity index (χ2v) is 8.75. The minimum absolute atomic E-state index is 0.0867. The van der Waals surface area contributed by atoms with Crippen LogP contribution in [0.15, 0.2) is 29.3 Å². The standard InChI is InChI=1S/C21H30N8O8S/c1-11(31)25-9-38-8-16(20(36)37)28-19(35)15(6-17(32)33)27-18(34)14(22)7-29(10-30)13-4-2-12(3-5-13)26-21(23)24/h2-5,10,14-16H,6-9,22H2,1H3,(H,25,31)(H,27,34)(H,28,35)(H,32,33)(H,36,37)(H4,23,24,26). The minimum atomic E-state index is -1.66. The molecule has 3 atom stereocenters. The quantitative estimate of drug-likeness (QED) is 0.0339. The van der Waals surface area contributed by atoms with E-state index in [4.69, 9.17) is 22.3 Å². The molecule has 0 aliphatic rings. The van der Waals surface area contributed by atoms with E-state index in [0.29, 0.717) is 17.8 Å². The number of hydrogen-bond donors (Lipinski definition) is 8. The number of rotatable bonds is 16. The fraction of sp³-hybridized carbons (Fsp3) is 0.381. The summed E-state index contributed by atoms with van der Waals surface area (Å²) in [5.74, 6) is -5.43. The number of nitrogens with two attached hydrogens (primary N) is 3. The van der Waals surface area contributed by atoms with Gasteiger partial charge in [-0.2, -0.15) is 0 Å². The first-order valence-corrected chi connectivity index (χ1v) is 12.0. The number of carbonyl (C=O) groups is 6. The number of amides is 4. The molecule has 208 valence electrons. The number of guanidine groups is 1. The normalized spacial score (nSPS) is 12.7. The Kier molecular flexibility index (Phi) is 13.1. The fourth-order valence-corrected chi connectivity index (χ4v) is 3.70. The molecule has 0 aliphatic carbocycles. The first kappa shape index (κ1) is 31.6. The number of nitrogens with one attached hydrogen (secondary N) is 3. The van der Waals surface area contributed by atoms with Crippen molar-refractivity contribution < 1.29 is 39.0 Å². The molecule has 3 unspecified atom stereocenters. The molecule has 38 heavy (non-hydrogen) atoms. The Morgan fingerprint density at radius 1 is 1.05 bits per heavy atom. The number of anilines is 1. The number of thioether (sulfide) groups is 1. The zero-order valence-corrected chi connectivity index (χ0v) is 21.1. The number of carboxylic acids is 2. The molecular formula is C21H30N8O8S. The summed E-state index contributed by atoms with van der Waals surface area (Å²) in [6.07, 6.45) is -0.445. The van der Waals surface area contributed by atoms with E-state index >= 15 is 0 Å². The molecule has 1 aromatic rings. The lowest BCUT2D eigenvalue weighted by atomic mass is 10.1. The molecule has 16 nitrogen and oxygen atoms in total. The molecule has 0 radical (unpaired) electrons. The van der Waals surface area contributed by atoms with Crippen LogP contribution in [0.2, 0.25) is 0 Å². The first-order chi connectivity index (χ1) is 17.8. The molecule has 0 fully saturated rings. The third-order valence-electron chi connectivity index (χ3n) is 4.63. The number of nitrogens with zero attached hydrogens (tertiary/aromatic N) is 2. The molecule has 0 heterocycles. The average molecular weight is 555 g/mol. The zero-order chi connectivity index (χ0) is 28.8. The van der Waals surface area contributed by atoms with Crippen LogP contribution in [0.3, 0.4) is 0 Å².